The quantitative estimate of drug-likeness (QED) is 0.124. The van der Waals surface area contributed by atoms with Crippen molar-refractivity contribution in [3.63, 3.8) is 0 Å². The van der Waals surface area contributed by atoms with Crippen molar-refractivity contribution >= 4 is 18.4 Å². The van der Waals surface area contributed by atoms with Crippen LogP contribution in [0, 0.1) is 0 Å². The van der Waals surface area contributed by atoms with Gasteiger partial charge in [0.05, 0.1) is 12.6 Å². The lowest BCUT2D eigenvalue weighted by atomic mass is 9.91. The van der Waals surface area contributed by atoms with Gasteiger partial charge in [0.1, 0.15) is 12.0 Å². The summed E-state index contributed by atoms with van der Waals surface area (Å²) >= 11 is 0. The van der Waals surface area contributed by atoms with Crippen molar-refractivity contribution in [3.05, 3.63) is 47.7 Å². The molecule has 0 aromatic carbocycles. The number of halogens is 6. The summed E-state index contributed by atoms with van der Waals surface area (Å²) in [5, 5.41) is 12.6. The van der Waals surface area contributed by atoms with E-state index in [0.29, 0.717) is 49.4 Å². The van der Waals surface area contributed by atoms with E-state index in [1.807, 2.05) is 7.05 Å². The van der Waals surface area contributed by atoms with Crippen LogP contribution in [0.25, 0.3) is 0 Å². The first kappa shape index (κ1) is 37.4. The Kier molecular flexibility index (Phi) is 15.0. The number of alkyl halides is 6. The van der Waals surface area contributed by atoms with Gasteiger partial charge in [0.2, 0.25) is 5.91 Å². The summed E-state index contributed by atoms with van der Waals surface area (Å²) < 4.78 is 71.0. The molecular weight excluding hydrogens is 590 g/mol. The maximum atomic E-state index is 12.1. The monoisotopic (exact) mass is 634 g/mol. The molecule has 0 bridgehead atoms. The fraction of sp³-hybridized carbons (Fsp3) is 0.645. The molecule has 2 unspecified atom stereocenters. The maximum Gasteiger partial charge on any atom is 0.432 e. The van der Waals surface area contributed by atoms with Crippen LogP contribution in [0.3, 0.4) is 0 Å². The van der Waals surface area contributed by atoms with Gasteiger partial charge in [0, 0.05) is 43.0 Å². The van der Waals surface area contributed by atoms with E-state index in [2.05, 4.69) is 26.7 Å². The van der Waals surface area contributed by atoms with Crippen LogP contribution in [0.1, 0.15) is 64.7 Å². The highest BCUT2D eigenvalue weighted by Gasteiger charge is 2.46. The molecule has 7 nitrogen and oxygen atoms in total. The van der Waals surface area contributed by atoms with Crippen molar-refractivity contribution in [2.45, 2.75) is 101 Å². The molecule has 2 N–H and O–H groups in total. The second kappa shape index (κ2) is 17.6. The molecule has 0 radical (unpaired) electrons. The van der Waals surface area contributed by atoms with Crippen LogP contribution in [0.4, 0.5) is 26.3 Å². The number of rotatable bonds is 7. The first-order valence-electron chi connectivity index (χ1n) is 14.9. The highest BCUT2D eigenvalue weighted by molar-refractivity contribution is 5.79. The van der Waals surface area contributed by atoms with Gasteiger partial charge in [-0.1, -0.05) is 30.9 Å². The van der Waals surface area contributed by atoms with E-state index in [1.54, 1.807) is 6.92 Å². The minimum Gasteiger partial charge on any atom is -0.393 e. The molecule has 3 fully saturated rings. The average molecular weight is 635 g/mol. The number of aliphatic hydroxyl groups excluding tert-OH is 1. The Morgan fingerprint density at radius 1 is 1.07 bits per heavy atom. The van der Waals surface area contributed by atoms with Crippen molar-refractivity contribution in [1.82, 2.24) is 15.1 Å². The number of hydrogen-bond acceptors (Lipinski definition) is 6. The van der Waals surface area contributed by atoms with Gasteiger partial charge < -0.3 is 15.3 Å². The van der Waals surface area contributed by atoms with E-state index in [0.717, 1.165) is 57.7 Å². The SMILES string of the molecule is C=C(C/C=C\C=C(/C)C=O)C(F)(F)F.CNCC(=O)N1CCC2C1CCN2C1CCC(O)CC1.FC(F)(F)C1=CCCC=N1. The van der Waals surface area contributed by atoms with E-state index >= 15 is 0 Å². The van der Waals surface area contributed by atoms with E-state index in [4.69, 9.17) is 0 Å². The lowest BCUT2D eigenvalue weighted by molar-refractivity contribution is -0.131. The van der Waals surface area contributed by atoms with Crippen molar-refractivity contribution < 1.29 is 41.0 Å². The molecule has 3 aliphatic heterocycles. The van der Waals surface area contributed by atoms with Gasteiger partial charge >= 0.3 is 12.4 Å². The van der Waals surface area contributed by atoms with Gasteiger partial charge in [0.15, 0.2) is 0 Å². The number of nitrogens with zero attached hydrogens (tertiary/aromatic N) is 3. The number of hydrogen-bond donors (Lipinski definition) is 2. The number of amides is 1. The topological polar surface area (TPSA) is 85.2 Å². The predicted molar refractivity (Wildman–Crippen MR) is 158 cm³/mol. The number of likely N-dealkylation sites (tertiary alicyclic amines) is 2. The summed E-state index contributed by atoms with van der Waals surface area (Å²) in [6, 6.07) is 1.63. The molecule has 1 aliphatic carbocycles. The highest BCUT2D eigenvalue weighted by Crippen LogP contribution is 2.36. The van der Waals surface area contributed by atoms with Crippen LogP contribution in [0.15, 0.2) is 52.7 Å². The van der Waals surface area contributed by atoms with Crippen LogP contribution in [-0.4, -0.2) is 96.6 Å². The van der Waals surface area contributed by atoms with Gasteiger partial charge in [0.25, 0.3) is 0 Å². The third-order valence-corrected chi connectivity index (χ3v) is 8.00. The van der Waals surface area contributed by atoms with Crippen molar-refractivity contribution in [2.24, 2.45) is 4.99 Å². The number of aliphatic hydroxyl groups is 1. The smallest absolute Gasteiger partial charge is 0.393 e. The summed E-state index contributed by atoms with van der Waals surface area (Å²) in [5.41, 5.74) is -1.11. The zero-order valence-corrected chi connectivity index (χ0v) is 25.3. The molecule has 0 spiro atoms. The van der Waals surface area contributed by atoms with E-state index in [1.165, 1.54) is 24.4 Å². The van der Waals surface area contributed by atoms with E-state index in [-0.39, 0.29) is 18.4 Å². The Labute approximate surface area is 255 Å². The molecule has 0 aromatic heterocycles. The molecule has 3 heterocycles. The summed E-state index contributed by atoms with van der Waals surface area (Å²) in [6.07, 6.45) is 5.67. The van der Waals surface area contributed by atoms with Crippen LogP contribution in [0.2, 0.25) is 0 Å². The minimum absolute atomic E-state index is 0.0815. The van der Waals surface area contributed by atoms with Crippen molar-refractivity contribution in [2.75, 3.05) is 26.7 Å². The van der Waals surface area contributed by atoms with Gasteiger partial charge in [-0.15, -0.1) is 0 Å². The standard InChI is InChI=1S/C15H27N3O2.C10H11F3O.C6H6F3N/c1-16-10-15(20)18-9-7-13-14(18)6-8-17(13)11-2-4-12(19)5-3-11;1-8(7-14)5-3-4-6-9(2)10(11,12)13;7-6(8,9)5-3-1-2-4-10-5/h11-14,16,19H,2-10H2,1H3;3-5,7H,2,6H2,1H3;3-4H,1-2H2/b;4-3-,8-5+;. The summed E-state index contributed by atoms with van der Waals surface area (Å²) in [6.45, 7) is 6.96. The summed E-state index contributed by atoms with van der Waals surface area (Å²) in [4.78, 5) is 30.2. The largest absolute Gasteiger partial charge is 0.432 e. The minimum atomic E-state index is -4.34. The highest BCUT2D eigenvalue weighted by atomic mass is 19.4. The molecule has 4 aliphatic rings. The lowest BCUT2D eigenvalue weighted by Gasteiger charge is -2.36. The molecule has 248 valence electrons. The number of aliphatic imine (C=N–C) groups is 1. The van der Waals surface area contributed by atoms with E-state index < -0.39 is 23.6 Å². The van der Waals surface area contributed by atoms with Gasteiger partial charge in [-0.05, 0) is 77.3 Å². The number of carbonyl (C=O) groups is 2. The zero-order chi connectivity index (χ0) is 32.9. The van der Waals surface area contributed by atoms with Gasteiger partial charge in [-0.2, -0.15) is 26.3 Å². The third kappa shape index (κ3) is 12.0. The maximum absolute atomic E-state index is 12.1. The second-order valence-corrected chi connectivity index (χ2v) is 11.3. The normalized spacial score (nSPS) is 25.9. The molecule has 13 heteroatoms. The zero-order valence-electron chi connectivity index (χ0n) is 25.3. The third-order valence-electron chi connectivity index (χ3n) is 8.00. The number of aldehydes is 1. The lowest BCUT2D eigenvalue weighted by Crippen LogP contribution is -2.46. The van der Waals surface area contributed by atoms with Crippen LogP contribution in [0.5, 0.6) is 0 Å². The molecule has 4 rings (SSSR count). The van der Waals surface area contributed by atoms with Gasteiger partial charge in [-0.25, -0.2) is 0 Å². The van der Waals surface area contributed by atoms with Crippen LogP contribution >= 0.6 is 0 Å². The van der Waals surface area contributed by atoms with Crippen LogP contribution in [-0.2, 0) is 9.59 Å². The molecule has 1 amide bonds. The Morgan fingerprint density at radius 3 is 2.25 bits per heavy atom. The first-order valence-corrected chi connectivity index (χ1v) is 14.9. The molecule has 2 saturated heterocycles. The fourth-order valence-electron chi connectivity index (χ4n) is 5.71. The number of nitrogens with one attached hydrogen (secondary N) is 1. The molecule has 2 atom stereocenters. The molecule has 1 saturated carbocycles. The number of carbonyl (C=O) groups excluding carboxylic acids is 2. The average Bonchev–Trinajstić information content (AvgIpc) is 3.59. The second-order valence-electron chi connectivity index (χ2n) is 11.3. The Hall–Kier alpha value is -2.77. The molecule has 0 aromatic rings. The van der Waals surface area contributed by atoms with Crippen molar-refractivity contribution in [1.29, 1.82) is 0 Å². The Bertz CT molecular complexity index is 1080. The first-order chi connectivity index (χ1) is 20.7. The fourth-order valence-corrected chi connectivity index (χ4v) is 5.71. The number of allylic oxidation sites excluding steroid dienone is 7. The van der Waals surface area contributed by atoms with E-state index in [9.17, 15) is 41.0 Å². The summed E-state index contributed by atoms with van der Waals surface area (Å²) in [5.74, 6) is 0.251. The van der Waals surface area contributed by atoms with Gasteiger partial charge in [-0.3, -0.25) is 19.5 Å². The molecular formula is C31H44F6N4O3. The Balaban J connectivity index is 0.000000247. The molecule has 44 heavy (non-hydrogen) atoms. The summed E-state index contributed by atoms with van der Waals surface area (Å²) in [7, 11) is 1.83. The van der Waals surface area contributed by atoms with Crippen molar-refractivity contribution in [3.8, 4) is 0 Å². The van der Waals surface area contributed by atoms with Crippen LogP contribution < -0.4 is 5.32 Å². The number of likely N-dealkylation sites (N-methyl/N-ethyl adjacent to an activating group) is 1. The predicted octanol–water partition coefficient (Wildman–Crippen LogP) is 5.68. The number of fused-ring (bicyclic) bond motifs is 1. The Morgan fingerprint density at radius 2 is 1.73 bits per heavy atom.